The van der Waals surface area contributed by atoms with Gasteiger partial charge in [0.1, 0.15) is 5.75 Å². The molecule has 0 N–H and O–H groups in total. The third kappa shape index (κ3) is 6.72. The topological polar surface area (TPSA) is 66.4 Å². The van der Waals surface area contributed by atoms with E-state index in [0.29, 0.717) is 0 Å². The van der Waals surface area contributed by atoms with Crippen LogP contribution in [-0.2, 0) is 20.6 Å². The normalized spacial score (nSPS) is 13.8. The lowest BCUT2D eigenvalue weighted by Crippen LogP contribution is -2.23. The van der Waals surface area contributed by atoms with Crippen LogP contribution in [-0.4, -0.2) is 27.1 Å². The van der Waals surface area contributed by atoms with Crippen LogP contribution < -0.4 is 0 Å². The van der Waals surface area contributed by atoms with Crippen LogP contribution in [0.4, 0.5) is 0 Å². The van der Waals surface area contributed by atoms with Crippen molar-refractivity contribution in [3.05, 3.63) is 0 Å². The lowest BCUT2D eigenvalue weighted by molar-refractivity contribution is -0.143. The van der Waals surface area contributed by atoms with E-state index in [1.807, 2.05) is 20.8 Å². The highest BCUT2D eigenvalue weighted by Gasteiger charge is 2.17. The Morgan fingerprint density at radius 3 is 2.46 bits per heavy atom. The number of esters is 1. The standard InChI is InChI=1S/C8H16O4S/c1-4-8(2,3)6-12-7(9)5-13(10)11/h4-6H2,1-3H3,(H,10,11)/p-1. The van der Waals surface area contributed by atoms with E-state index in [9.17, 15) is 13.6 Å². The van der Waals surface area contributed by atoms with Crippen molar-refractivity contribution in [3.8, 4) is 0 Å². The summed E-state index contributed by atoms with van der Waals surface area (Å²) in [4.78, 5) is 10.8. The number of carbonyl (C=O) groups excluding carboxylic acids is 1. The largest absolute Gasteiger partial charge is 0.772 e. The second kappa shape index (κ2) is 5.34. The molecule has 0 fully saturated rings. The molecule has 0 aromatic rings. The Morgan fingerprint density at radius 2 is 2.08 bits per heavy atom. The molecule has 5 heteroatoms. The summed E-state index contributed by atoms with van der Waals surface area (Å²) in [7, 11) is 0. The maximum absolute atomic E-state index is 10.8. The molecule has 0 aliphatic heterocycles. The Labute approximate surface area is 80.9 Å². The van der Waals surface area contributed by atoms with Gasteiger partial charge in [0.05, 0.1) is 6.61 Å². The van der Waals surface area contributed by atoms with Crippen LogP contribution in [0.3, 0.4) is 0 Å². The van der Waals surface area contributed by atoms with Gasteiger partial charge in [0.15, 0.2) is 0 Å². The molecule has 78 valence electrons. The zero-order valence-corrected chi connectivity index (χ0v) is 8.98. The van der Waals surface area contributed by atoms with Gasteiger partial charge in [-0.25, -0.2) is 0 Å². The molecule has 0 spiro atoms. The fourth-order valence-corrected chi connectivity index (χ4v) is 0.792. The van der Waals surface area contributed by atoms with E-state index in [-0.39, 0.29) is 12.0 Å². The number of carbonyl (C=O) groups is 1. The van der Waals surface area contributed by atoms with Crippen LogP contribution in [0.5, 0.6) is 0 Å². The predicted molar refractivity (Wildman–Crippen MR) is 48.8 cm³/mol. The van der Waals surface area contributed by atoms with Gasteiger partial charge in [-0.1, -0.05) is 20.8 Å². The molecule has 0 aromatic carbocycles. The van der Waals surface area contributed by atoms with Gasteiger partial charge in [-0.05, 0) is 22.9 Å². The number of rotatable bonds is 5. The van der Waals surface area contributed by atoms with Crippen molar-refractivity contribution in [3.63, 3.8) is 0 Å². The highest BCUT2D eigenvalue weighted by atomic mass is 32.2. The maximum Gasteiger partial charge on any atom is 0.317 e. The van der Waals surface area contributed by atoms with E-state index < -0.39 is 22.8 Å². The van der Waals surface area contributed by atoms with Crippen molar-refractivity contribution in [2.45, 2.75) is 27.2 Å². The molecule has 1 atom stereocenters. The molecule has 4 nitrogen and oxygen atoms in total. The first-order valence-corrected chi connectivity index (χ1v) is 5.33. The Kier molecular flexibility index (Phi) is 5.17. The first kappa shape index (κ1) is 12.6. The molecule has 0 amide bonds. The van der Waals surface area contributed by atoms with E-state index in [0.717, 1.165) is 6.42 Å². The molecular formula is C8H15O4S-. The van der Waals surface area contributed by atoms with Crippen molar-refractivity contribution < 1.29 is 18.3 Å². The van der Waals surface area contributed by atoms with Crippen LogP contribution in [0.15, 0.2) is 0 Å². The average molecular weight is 207 g/mol. The van der Waals surface area contributed by atoms with E-state index >= 15 is 0 Å². The summed E-state index contributed by atoms with van der Waals surface area (Å²) >= 11 is -2.35. The van der Waals surface area contributed by atoms with E-state index in [1.54, 1.807) is 0 Å². The summed E-state index contributed by atoms with van der Waals surface area (Å²) in [6, 6.07) is 0. The first-order chi connectivity index (χ1) is 5.87. The molecular weight excluding hydrogens is 192 g/mol. The molecule has 0 aromatic heterocycles. The van der Waals surface area contributed by atoms with Gasteiger partial charge < -0.3 is 9.29 Å². The Balaban J connectivity index is 3.76. The highest BCUT2D eigenvalue weighted by Crippen LogP contribution is 2.19. The highest BCUT2D eigenvalue weighted by molar-refractivity contribution is 7.79. The molecule has 0 heterocycles. The van der Waals surface area contributed by atoms with Gasteiger partial charge in [0.2, 0.25) is 0 Å². The van der Waals surface area contributed by atoms with Gasteiger partial charge >= 0.3 is 5.97 Å². The minimum absolute atomic E-state index is 0.0833. The average Bonchev–Trinajstić information content (AvgIpc) is 2.00. The summed E-state index contributed by atoms with van der Waals surface area (Å²) in [5.41, 5.74) is -0.0833. The quantitative estimate of drug-likeness (QED) is 0.495. The summed E-state index contributed by atoms with van der Waals surface area (Å²) in [6.07, 6.45) is 0.876. The van der Waals surface area contributed by atoms with E-state index in [4.69, 9.17) is 4.74 Å². The molecule has 13 heavy (non-hydrogen) atoms. The lowest BCUT2D eigenvalue weighted by atomic mass is 9.92. The predicted octanol–water partition coefficient (Wildman–Crippen LogP) is 0.845. The molecule has 1 unspecified atom stereocenters. The van der Waals surface area contributed by atoms with Gasteiger partial charge in [-0.15, -0.1) is 0 Å². The number of ether oxygens (including phenoxy) is 1. The Morgan fingerprint density at radius 1 is 1.54 bits per heavy atom. The van der Waals surface area contributed by atoms with E-state index in [2.05, 4.69) is 0 Å². The molecule has 0 aliphatic carbocycles. The minimum Gasteiger partial charge on any atom is -0.772 e. The first-order valence-electron chi connectivity index (χ1n) is 4.09. The fourth-order valence-electron chi connectivity index (χ4n) is 0.516. The molecule has 0 aliphatic rings. The summed E-state index contributed by atoms with van der Waals surface area (Å²) < 4.78 is 25.0. The third-order valence-electron chi connectivity index (χ3n) is 1.82. The van der Waals surface area contributed by atoms with E-state index in [1.165, 1.54) is 0 Å². The monoisotopic (exact) mass is 207 g/mol. The lowest BCUT2D eigenvalue weighted by Gasteiger charge is -2.21. The SMILES string of the molecule is CCC(C)(C)COC(=O)CS(=O)[O-]. The van der Waals surface area contributed by atoms with Crippen LogP contribution in [0.25, 0.3) is 0 Å². The van der Waals surface area contributed by atoms with Gasteiger partial charge in [0, 0.05) is 0 Å². The molecule has 0 rings (SSSR count). The summed E-state index contributed by atoms with van der Waals surface area (Å²) in [5, 5.41) is 0. The summed E-state index contributed by atoms with van der Waals surface area (Å²) in [6.45, 7) is 6.15. The number of hydrogen-bond donors (Lipinski definition) is 0. The molecule has 0 saturated carbocycles. The second-order valence-electron chi connectivity index (χ2n) is 3.63. The molecule has 0 radical (unpaired) electrons. The van der Waals surface area contributed by atoms with Crippen molar-refractivity contribution in [1.82, 2.24) is 0 Å². The molecule has 0 bridgehead atoms. The van der Waals surface area contributed by atoms with Crippen molar-refractivity contribution in [1.29, 1.82) is 0 Å². The van der Waals surface area contributed by atoms with Crippen molar-refractivity contribution in [2.75, 3.05) is 12.4 Å². The zero-order chi connectivity index (χ0) is 10.5. The maximum atomic E-state index is 10.8. The van der Waals surface area contributed by atoms with Crippen molar-refractivity contribution in [2.24, 2.45) is 5.41 Å². The third-order valence-corrected chi connectivity index (χ3v) is 2.29. The molecule has 0 saturated heterocycles. The number of hydrogen-bond acceptors (Lipinski definition) is 4. The fraction of sp³-hybridized carbons (Fsp3) is 0.875. The zero-order valence-electron chi connectivity index (χ0n) is 8.16. The van der Waals surface area contributed by atoms with Crippen LogP contribution in [0, 0.1) is 5.41 Å². The van der Waals surface area contributed by atoms with Crippen LogP contribution in [0.2, 0.25) is 0 Å². The Bertz CT molecular complexity index is 200. The Hall–Kier alpha value is -0.420. The van der Waals surface area contributed by atoms with Gasteiger partial charge in [-0.2, -0.15) is 0 Å². The minimum atomic E-state index is -2.35. The van der Waals surface area contributed by atoms with Crippen molar-refractivity contribution >= 4 is 17.0 Å². The van der Waals surface area contributed by atoms with Gasteiger partial charge in [0.25, 0.3) is 0 Å². The smallest absolute Gasteiger partial charge is 0.317 e. The summed E-state index contributed by atoms with van der Waals surface area (Å²) in [5.74, 6) is -1.24. The van der Waals surface area contributed by atoms with Crippen LogP contribution >= 0.6 is 0 Å². The van der Waals surface area contributed by atoms with Gasteiger partial charge in [-0.3, -0.25) is 9.00 Å². The second-order valence-corrected chi connectivity index (χ2v) is 4.52. The van der Waals surface area contributed by atoms with Crippen LogP contribution in [0.1, 0.15) is 27.2 Å².